The van der Waals surface area contributed by atoms with Gasteiger partial charge in [0.05, 0.1) is 12.3 Å². The molecule has 0 saturated carbocycles. The first kappa shape index (κ1) is 24.3. The summed E-state index contributed by atoms with van der Waals surface area (Å²) in [6, 6.07) is 14.1. The lowest BCUT2D eigenvalue weighted by atomic mass is 9.99. The van der Waals surface area contributed by atoms with Crippen LogP contribution in [0.5, 0.6) is 0 Å². The van der Waals surface area contributed by atoms with Crippen LogP contribution in [0.3, 0.4) is 0 Å². The predicted molar refractivity (Wildman–Crippen MR) is 128 cm³/mol. The molecule has 0 radical (unpaired) electrons. The number of carboxylic acid groups (broad SMARTS) is 1. The molecule has 0 spiro atoms. The molecule has 3 aromatic rings. The SMILES string of the molecule is COCCc1cc(-c2ccc3cc[nH]c3c2)ccc1N(CCCCCCC(=O)NO)C(=O)O. The maximum atomic E-state index is 12.1. The van der Waals surface area contributed by atoms with Crippen LogP contribution in [0.1, 0.15) is 37.7 Å². The van der Waals surface area contributed by atoms with E-state index in [4.69, 9.17) is 9.94 Å². The number of rotatable bonds is 12. The number of hydrogen-bond donors (Lipinski definition) is 4. The first-order valence-electron chi connectivity index (χ1n) is 11.2. The van der Waals surface area contributed by atoms with Crippen molar-refractivity contribution in [3.63, 3.8) is 0 Å². The largest absolute Gasteiger partial charge is 0.465 e. The Morgan fingerprint density at radius 2 is 1.79 bits per heavy atom. The molecule has 0 unspecified atom stereocenters. The standard InChI is InChI=1S/C25H31N3O5/c1-33-15-12-21-16-19(20-8-7-18-11-13-26-22(18)17-20)9-10-23(21)28(25(30)31)14-5-3-2-4-6-24(29)27-32/h7-11,13,16-17,26,32H,2-6,12,14-15H2,1H3,(H,27,29)(H,30,31). The van der Waals surface area contributed by atoms with Gasteiger partial charge in [0.25, 0.3) is 0 Å². The van der Waals surface area contributed by atoms with Crippen LogP contribution in [0.4, 0.5) is 10.5 Å². The van der Waals surface area contributed by atoms with E-state index >= 15 is 0 Å². The molecule has 1 aromatic heterocycles. The van der Waals surface area contributed by atoms with Crippen LogP contribution >= 0.6 is 0 Å². The smallest absolute Gasteiger partial charge is 0.411 e. The molecule has 2 amide bonds. The van der Waals surface area contributed by atoms with Gasteiger partial charge in [-0.2, -0.15) is 0 Å². The van der Waals surface area contributed by atoms with Crippen molar-refractivity contribution in [2.24, 2.45) is 0 Å². The number of aromatic nitrogens is 1. The molecule has 4 N–H and O–H groups in total. The Kier molecular flexibility index (Phi) is 8.86. The first-order chi connectivity index (χ1) is 16.0. The van der Waals surface area contributed by atoms with E-state index in [2.05, 4.69) is 23.2 Å². The van der Waals surface area contributed by atoms with Crippen LogP contribution in [0.25, 0.3) is 22.0 Å². The first-order valence-corrected chi connectivity index (χ1v) is 11.2. The zero-order chi connectivity index (χ0) is 23.6. The second-order valence-electron chi connectivity index (χ2n) is 8.00. The summed E-state index contributed by atoms with van der Waals surface area (Å²) in [4.78, 5) is 27.8. The van der Waals surface area contributed by atoms with Gasteiger partial charge in [-0.25, -0.2) is 10.3 Å². The molecule has 33 heavy (non-hydrogen) atoms. The third-order valence-electron chi connectivity index (χ3n) is 5.73. The van der Waals surface area contributed by atoms with Crippen molar-refractivity contribution in [3.8, 4) is 11.1 Å². The van der Waals surface area contributed by atoms with Crippen molar-refractivity contribution in [2.45, 2.75) is 38.5 Å². The summed E-state index contributed by atoms with van der Waals surface area (Å²) in [5.74, 6) is -0.402. The molecule has 8 heteroatoms. The van der Waals surface area contributed by atoms with Gasteiger partial charge in [-0.1, -0.05) is 31.0 Å². The number of amides is 2. The van der Waals surface area contributed by atoms with Gasteiger partial charge in [0.15, 0.2) is 0 Å². The van der Waals surface area contributed by atoms with Crippen LogP contribution in [0, 0.1) is 0 Å². The second-order valence-corrected chi connectivity index (χ2v) is 8.00. The molecule has 176 valence electrons. The average molecular weight is 454 g/mol. The zero-order valence-electron chi connectivity index (χ0n) is 18.8. The predicted octanol–water partition coefficient (Wildman–Crippen LogP) is 4.96. The molecular formula is C25H31N3O5. The number of aromatic amines is 1. The van der Waals surface area contributed by atoms with E-state index < -0.39 is 12.0 Å². The van der Waals surface area contributed by atoms with E-state index in [1.807, 2.05) is 30.5 Å². The summed E-state index contributed by atoms with van der Waals surface area (Å²) in [6.07, 6.45) is 4.70. The summed E-state index contributed by atoms with van der Waals surface area (Å²) in [6.45, 7) is 0.863. The molecular weight excluding hydrogens is 422 g/mol. The second kappa shape index (κ2) is 12.0. The van der Waals surface area contributed by atoms with E-state index in [-0.39, 0.29) is 6.42 Å². The van der Waals surface area contributed by atoms with Crippen LogP contribution in [-0.2, 0) is 16.0 Å². The Balaban J connectivity index is 1.75. The third kappa shape index (κ3) is 6.57. The molecule has 0 atom stereocenters. The lowest BCUT2D eigenvalue weighted by Crippen LogP contribution is -2.31. The Labute approximate surface area is 193 Å². The van der Waals surface area contributed by atoms with E-state index in [9.17, 15) is 14.7 Å². The number of nitrogens with one attached hydrogen (secondary N) is 2. The molecule has 0 bridgehead atoms. The molecule has 0 aliphatic carbocycles. The molecule has 2 aromatic carbocycles. The quantitative estimate of drug-likeness (QED) is 0.176. The number of nitrogens with zero attached hydrogens (tertiary/aromatic N) is 1. The van der Waals surface area contributed by atoms with Crippen molar-refractivity contribution in [1.29, 1.82) is 0 Å². The number of carbonyl (C=O) groups is 2. The monoisotopic (exact) mass is 453 g/mol. The van der Waals surface area contributed by atoms with Crippen molar-refractivity contribution >= 4 is 28.6 Å². The average Bonchev–Trinajstić information content (AvgIpc) is 3.30. The van der Waals surface area contributed by atoms with Gasteiger partial charge in [-0.3, -0.25) is 14.9 Å². The number of fused-ring (bicyclic) bond motifs is 1. The lowest BCUT2D eigenvalue weighted by Gasteiger charge is -2.23. The van der Waals surface area contributed by atoms with Crippen molar-refractivity contribution in [3.05, 3.63) is 54.2 Å². The Bertz CT molecular complexity index is 1080. The van der Waals surface area contributed by atoms with Gasteiger partial charge in [0.1, 0.15) is 0 Å². The summed E-state index contributed by atoms with van der Waals surface area (Å²) >= 11 is 0. The fourth-order valence-electron chi connectivity index (χ4n) is 3.95. The minimum absolute atomic E-state index is 0.260. The van der Waals surface area contributed by atoms with E-state index in [0.29, 0.717) is 38.1 Å². The fourth-order valence-corrected chi connectivity index (χ4v) is 3.95. The minimum atomic E-state index is -0.992. The Hall–Kier alpha value is -3.36. The van der Waals surface area contributed by atoms with Gasteiger partial charge in [0, 0.05) is 31.8 Å². The van der Waals surface area contributed by atoms with E-state index in [1.165, 1.54) is 4.90 Å². The highest BCUT2D eigenvalue weighted by Crippen LogP contribution is 2.30. The number of benzene rings is 2. The molecule has 3 rings (SSSR count). The number of hydroxylamine groups is 1. The van der Waals surface area contributed by atoms with Gasteiger partial charge >= 0.3 is 6.09 Å². The normalized spacial score (nSPS) is 11.0. The fraction of sp³-hybridized carbons (Fsp3) is 0.360. The molecule has 0 aliphatic rings. The summed E-state index contributed by atoms with van der Waals surface area (Å²) in [5, 5.41) is 19.5. The minimum Gasteiger partial charge on any atom is -0.465 e. The molecule has 8 nitrogen and oxygen atoms in total. The van der Waals surface area contributed by atoms with Crippen molar-refractivity contribution in [1.82, 2.24) is 10.5 Å². The maximum absolute atomic E-state index is 12.1. The maximum Gasteiger partial charge on any atom is 0.411 e. The van der Waals surface area contributed by atoms with Crippen LogP contribution in [0.2, 0.25) is 0 Å². The van der Waals surface area contributed by atoms with Gasteiger partial charge in [-0.05, 0) is 65.6 Å². The Morgan fingerprint density at radius 1 is 1.03 bits per heavy atom. The number of anilines is 1. The summed E-state index contributed by atoms with van der Waals surface area (Å²) in [5.41, 5.74) is 6.35. The van der Waals surface area contributed by atoms with Crippen LogP contribution in [-0.4, -0.2) is 47.6 Å². The lowest BCUT2D eigenvalue weighted by molar-refractivity contribution is -0.129. The highest BCUT2D eigenvalue weighted by molar-refractivity contribution is 5.89. The number of methoxy groups -OCH3 is 1. The third-order valence-corrected chi connectivity index (χ3v) is 5.73. The summed E-state index contributed by atoms with van der Waals surface area (Å²) < 4.78 is 5.27. The number of H-pyrrole nitrogens is 1. The summed E-state index contributed by atoms with van der Waals surface area (Å²) in [7, 11) is 1.63. The van der Waals surface area contributed by atoms with Gasteiger partial charge in [-0.15, -0.1) is 0 Å². The highest BCUT2D eigenvalue weighted by Gasteiger charge is 2.18. The molecule has 1 heterocycles. The van der Waals surface area contributed by atoms with Gasteiger partial charge in [0.2, 0.25) is 5.91 Å². The van der Waals surface area contributed by atoms with E-state index in [1.54, 1.807) is 12.6 Å². The molecule has 0 aliphatic heterocycles. The van der Waals surface area contributed by atoms with E-state index in [0.717, 1.165) is 40.4 Å². The number of carbonyl (C=O) groups excluding carboxylic acids is 1. The zero-order valence-corrected chi connectivity index (χ0v) is 18.8. The van der Waals surface area contributed by atoms with Crippen LogP contribution in [0.15, 0.2) is 48.7 Å². The Morgan fingerprint density at radius 3 is 2.55 bits per heavy atom. The molecule has 0 fully saturated rings. The molecule has 0 saturated heterocycles. The van der Waals surface area contributed by atoms with Crippen molar-refractivity contribution in [2.75, 3.05) is 25.2 Å². The van der Waals surface area contributed by atoms with Gasteiger partial charge < -0.3 is 14.8 Å². The van der Waals surface area contributed by atoms with Crippen molar-refractivity contribution < 1.29 is 24.6 Å². The number of unbranched alkanes of at least 4 members (excludes halogenated alkanes) is 3. The number of ether oxygens (including phenoxy) is 1. The highest BCUT2D eigenvalue weighted by atomic mass is 16.5. The number of hydrogen-bond acceptors (Lipinski definition) is 4. The topological polar surface area (TPSA) is 115 Å². The van der Waals surface area contributed by atoms with Crippen LogP contribution < -0.4 is 10.4 Å².